The number of anilines is 2. The van der Waals surface area contributed by atoms with Gasteiger partial charge in [0.15, 0.2) is 11.5 Å². The van der Waals surface area contributed by atoms with Crippen molar-refractivity contribution in [2.45, 2.75) is 26.3 Å². The lowest BCUT2D eigenvalue weighted by Crippen LogP contribution is -2.43. The molecule has 0 spiro atoms. The Hall–Kier alpha value is -2.11. The Morgan fingerprint density at radius 2 is 1.68 bits per heavy atom. The van der Waals surface area contributed by atoms with Crippen LogP contribution in [-0.2, 0) is 0 Å². The molecular weight excluding hydrogens is 246 g/mol. The summed E-state index contributed by atoms with van der Waals surface area (Å²) in [6.45, 7) is 5.68. The molecule has 0 radical (unpaired) electrons. The molecule has 0 aliphatic carbocycles. The van der Waals surface area contributed by atoms with Crippen LogP contribution < -0.4 is 25.8 Å². The van der Waals surface area contributed by atoms with E-state index >= 15 is 0 Å². The molecule has 106 valence electrons. The molecular formula is C13H21N3O3. The van der Waals surface area contributed by atoms with Gasteiger partial charge >= 0.3 is 6.03 Å². The normalized spacial score (nSPS) is 10.8. The zero-order valence-corrected chi connectivity index (χ0v) is 12.0. The summed E-state index contributed by atoms with van der Waals surface area (Å²) in [5.74, 6) is 1.02. The number of rotatable bonds is 3. The monoisotopic (exact) mass is 267 g/mol. The third kappa shape index (κ3) is 4.24. The number of benzene rings is 1. The zero-order valence-electron chi connectivity index (χ0n) is 12.0. The van der Waals surface area contributed by atoms with Crippen molar-refractivity contribution in [1.29, 1.82) is 0 Å². The highest BCUT2D eigenvalue weighted by molar-refractivity contribution is 5.93. The summed E-state index contributed by atoms with van der Waals surface area (Å²) >= 11 is 0. The van der Waals surface area contributed by atoms with Crippen molar-refractivity contribution >= 4 is 17.4 Å². The van der Waals surface area contributed by atoms with E-state index in [1.165, 1.54) is 14.2 Å². The van der Waals surface area contributed by atoms with E-state index in [1.54, 1.807) is 12.1 Å². The van der Waals surface area contributed by atoms with Crippen LogP contribution in [0.15, 0.2) is 12.1 Å². The summed E-state index contributed by atoms with van der Waals surface area (Å²) in [6, 6.07) is 2.90. The van der Waals surface area contributed by atoms with E-state index in [4.69, 9.17) is 15.2 Å². The summed E-state index contributed by atoms with van der Waals surface area (Å²) in [4.78, 5) is 11.8. The zero-order chi connectivity index (χ0) is 14.6. The van der Waals surface area contributed by atoms with Gasteiger partial charge in [0.25, 0.3) is 0 Å². The molecule has 1 rings (SSSR count). The number of methoxy groups -OCH3 is 2. The highest BCUT2D eigenvalue weighted by Crippen LogP contribution is 2.34. The van der Waals surface area contributed by atoms with Crippen molar-refractivity contribution in [3.63, 3.8) is 0 Å². The van der Waals surface area contributed by atoms with Gasteiger partial charge in [-0.3, -0.25) is 0 Å². The number of carbonyl (C=O) groups is 1. The van der Waals surface area contributed by atoms with Crippen LogP contribution in [-0.4, -0.2) is 25.8 Å². The first-order valence-corrected chi connectivity index (χ1v) is 5.87. The number of nitrogens with one attached hydrogen (secondary N) is 2. The Bertz CT molecular complexity index is 467. The second-order valence-corrected chi connectivity index (χ2v) is 5.12. The van der Waals surface area contributed by atoms with Crippen LogP contribution in [0.5, 0.6) is 11.5 Å². The average Bonchev–Trinajstić information content (AvgIpc) is 2.28. The van der Waals surface area contributed by atoms with E-state index in [1.807, 2.05) is 20.8 Å². The second-order valence-electron chi connectivity index (χ2n) is 5.12. The first kappa shape index (κ1) is 14.9. The first-order chi connectivity index (χ1) is 8.76. The standard InChI is InChI=1S/C13H21N3O3/c1-13(2,3)16-12(17)15-9-7-11(19-5)10(18-4)6-8(9)14/h6-7H,14H2,1-5H3,(H2,15,16,17). The van der Waals surface area contributed by atoms with Gasteiger partial charge in [0.1, 0.15) is 0 Å². The Labute approximate surface area is 113 Å². The Morgan fingerprint density at radius 1 is 1.16 bits per heavy atom. The fourth-order valence-corrected chi connectivity index (χ4v) is 1.50. The quantitative estimate of drug-likeness (QED) is 0.733. The molecule has 1 aromatic carbocycles. The molecule has 1 aromatic rings. The van der Waals surface area contributed by atoms with Crippen LogP contribution >= 0.6 is 0 Å². The molecule has 0 heterocycles. The smallest absolute Gasteiger partial charge is 0.319 e. The molecule has 0 bridgehead atoms. The lowest BCUT2D eigenvalue weighted by molar-refractivity contribution is 0.244. The highest BCUT2D eigenvalue weighted by Gasteiger charge is 2.16. The molecule has 0 aliphatic heterocycles. The summed E-state index contributed by atoms with van der Waals surface area (Å²) in [5, 5.41) is 5.47. The van der Waals surface area contributed by atoms with Crippen LogP contribution in [0.4, 0.5) is 16.2 Å². The molecule has 4 N–H and O–H groups in total. The maximum atomic E-state index is 11.8. The Kier molecular flexibility index (Phi) is 4.47. The van der Waals surface area contributed by atoms with Crippen LogP contribution in [0.25, 0.3) is 0 Å². The second kappa shape index (κ2) is 5.69. The largest absolute Gasteiger partial charge is 0.493 e. The van der Waals surface area contributed by atoms with Crippen molar-refractivity contribution in [3.05, 3.63) is 12.1 Å². The minimum atomic E-state index is -0.327. The molecule has 19 heavy (non-hydrogen) atoms. The van der Waals surface area contributed by atoms with Gasteiger partial charge in [-0.25, -0.2) is 4.79 Å². The molecule has 2 amide bonds. The number of carbonyl (C=O) groups excluding carboxylic acids is 1. The maximum Gasteiger partial charge on any atom is 0.319 e. The molecule has 0 atom stereocenters. The Morgan fingerprint density at radius 3 is 2.16 bits per heavy atom. The van der Waals surface area contributed by atoms with Gasteiger partial charge in [-0.05, 0) is 20.8 Å². The summed E-state index contributed by atoms with van der Waals surface area (Å²) in [5.41, 5.74) is 6.41. The van der Waals surface area contributed by atoms with Crippen LogP contribution in [0.1, 0.15) is 20.8 Å². The summed E-state index contributed by atoms with van der Waals surface area (Å²) in [6.07, 6.45) is 0. The van der Waals surface area contributed by atoms with Gasteiger partial charge in [-0.1, -0.05) is 0 Å². The number of nitrogen functional groups attached to an aromatic ring is 1. The minimum Gasteiger partial charge on any atom is -0.493 e. The molecule has 0 aromatic heterocycles. The Balaban J connectivity index is 2.93. The number of hydrogen-bond acceptors (Lipinski definition) is 4. The molecule has 0 fully saturated rings. The lowest BCUT2D eigenvalue weighted by Gasteiger charge is -2.21. The van der Waals surface area contributed by atoms with Crippen molar-refractivity contribution in [1.82, 2.24) is 5.32 Å². The molecule has 0 unspecified atom stereocenters. The van der Waals surface area contributed by atoms with E-state index < -0.39 is 0 Å². The van der Waals surface area contributed by atoms with E-state index in [0.717, 1.165) is 0 Å². The molecule has 6 nitrogen and oxygen atoms in total. The third-order valence-electron chi connectivity index (χ3n) is 2.29. The number of urea groups is 1. The first-order valence-electron chi connectivity index (χ1n) is 5.87. The topological polar surface area (TPSA) is 85.6 Å². The number of ether oxygens (including phenoxy) is 2. The van der Waals surface area contributed by atoms with Gasteiger partial charge in [-0.15, -0.1) is 0 Å². The van der Waals surface area contributed by atoms with E-state index in [0.29, 0.717) is 22.9 Å². The number of hydrogen-bond donors (Lipinski definition) is 3. The van der Waals surface area contributed by atoms with E-state index in [-0.39, 0.29) is 11.6 Å². The van der Waals surface area contributed by atoms with Gasteiger partial charge < -0.3 is 25.8 Å². The van der Waals surface area contributed by atoms with Crippen molar-refractivity contribution in [2.75, 3.05) is 25.3 Å². The summed E-state index contributed by atoms with van der Waals surface area (Å²) < 4.78 is 10.3. The number of amides is 2. The van der Waals surface area contributed by atoms with Crippen molar-refractivity contribution < 1.29 is 14.3 Å². The molecule has 0 saturated heterocycles. The van der Waals surface area contributed by atoms with Crippen LogP contribution in [0.3, 0.4) is 0 Å². The van der Waals surface area contributed by atoms with Crippen molar-refractivity contribution in [2.24, 2.45) is 0 Å². The lowest BCUT2D eigenvalue weighted by atomic mass is 10.1. The highest BCUT2D eigenvalue weighted by atomic mass is 16.5. The SMILES string of the molecule is COc1cc(N)c(NC(=O)NC(C)(C)C)cc1OC. The fourth-order valence-electron chi connectivity index (χ4n) is 1.50. The average molecular weight is 267 g/mol. The van der Waals surface area contributed by atoms with Crippen molar-refractivity contribution in [3.8, 4) is 11.5 Å². The van der Waals surface area contributed by atoms with Gasteiger partial charge in [0.05, 0.1) is 25.6 Å². The predicted molar refractivity (Wildman–Crippen MR) is 75.9 cm³/mol. The molecule has 6 heteroatoms. The molecule has 0 aliphatic rings. The fraction of sp³-hybridized carbons (Fsp3) is 0.462. The van der Waals surface area contributed by atoms with E-state index in [9.17, 15) is 4.79 Å². The number of nitrogens with two attached hydrogens (primary N) is 1. The van der Waals surface area contributed by atoms with Gasteiger partial charge in [-0.2, -0.15) is 0 Å². The minimum absolute atomic E-state index is 0.324. The van der Waals surface area contributed by atoms with Gasteiger partial charge in [0.2, 0.25) is 0 Å². The predicted octanol–water partition coefficient (Wildman–Crippen LogP) is 2.21. The van der Waals surface area contributed by atoms with Crippen LogP contribution in [0, 0.1) is 0 Å². The third-order valence-corrected chi connectivity index (χ3v) is 2.29. The van der Waals surface area contributed by atoms with Crippen LogP contribution in [0.2, 0.25) is 0 Å². The maximum absolute atomic E-state index is 11.8. The molecule has 0 saturated carbocycles. The summed E-state index contributed by atoms with van der Waals surface area (Å²) in [7, 11) is 3.05. The van der Waals surface area contributed by atoms with E-state index in [2.05, 4.69) is 10.6 Å². The van der Waals surface area contributed by atoms with Gasteiger partial charge in [0, 0.05) is 17.7 Å².